The predicted octanol–water partition coefficient (Wildman–Crippen LogP) is 7.16. The van der Waals surface area contributed by atoms with Gasteiger partial charge in [0.15, 0.2) is 5.11 Å². The summed E-state index contributed by atoms with van der Waals surface area (Å²) in [6.07, 6.45) is 5.52. The van der Waals surface area contributed by atoms with Crippen molar-refractivity contribution in [2.45, 2.75) is 32.9 Å². The number of hydrogen-bond acceptors (Lipinski definition) is 4. The largest absolute Gasteiger partial charge is 0.457 e. The molecule has 2 atom stereocenters. The summed E-state index contributed by atoms with van der Waals surface area (Å²) in [6.45, 7) is 6.33. The highest BCUT2D eigenvalue weighted by atomic mass is 32.1. The maximum atomic E-state index is 6.16. The van der Waals surface area contributed by atoms with E-state index in [0.29, 0.717) is 5.11 Å². The van der Waals surface area contributed by atoms with E-state index >= 15 is 0 Å². The van der Waals surface area contributed by atoms with E-state index in [2.05, 4.69) is 63.9 Å². The van der Waals surface area contributed by atoms with Gasteiger partial charge in [0, 0.05) is 29.5 Å². The first-order valence-corrected chi connectivity index (χ1v) is 13.4. The van der Waals surface area contributed by atoms with Gasteiger partial charge in [-0.2, -0.15) is 0 Å². The van der Waals surface area contributed by atoms with Gasteiger partial charge in [-0.25, -0.2) is 0 Å². The molecule has 39 heavy (non-hydrogen) atoms. The fourth-order valence-electron chi connectivity index (χ4n) is 5.39. The monoisotopic (exact) mass is 531 g/mol. The highest BCUT2D eigenvalue weighted by Crippen LogP contribution is 2.44. The summed E-state index contributed by atoms with van der Waals surface area (Å²) in [7, 11) is 0. The van der Waals surface area contributed by atoms with E-state index in [-0.39, 0.29) is 12.1 Å². The van der Waals surface area contributed by atoms with Crippen molar-refractivity contribution in [2.24, 2.45) is 0 Å². The van der Waals surface area contributed by atoms with Crippen LogP contribution in [0.1, 0.15) is 40.3 Å². The predicted molar refractivity (Wildman–Crippen MR) is 159 cm³/mol. The number of aryl methyl sites for hydroxylation is 2. The lowest BCUT2D eigenvalue weighted by Crippen LogP contribution is -2.29. The molecule has 1 aliphatic heterocycles. The minimum atomic E-state index is -0.121. The second-order valence-corrected chi connectivity index (χ2v) is 10.1. The van der Waals surface area contributed by atoms with Gasteiger partial charge in [0.2, 0.25) is 0 Å². The molecule has 5 aromatic rings. The molecule has 3 aromatic heterocycles. The molecule has 4 heterocycles. The zero-order valence-corrected chi connectivity index (χ0v) is 22.9. The summed E-state index contributed by atoms with van der Waals surface area (Å²) in [5.74, 6) is 1.62. The second-order valence-electron chi connectivity index (χ2n) is 9.73. The maximum absolute atomic E-state index is 6.16. The topological polar surface area (TPSA) is 55.2 Å². The Kier molecular flexibility index (Phi) is 6.59. The first kappa shape index (κ1) is 24.8. The molecule has 1 fully saturated rings. The number of benzene rings is 2. The second kappa shape index (κ2) is 10.3. The number of thiocarbonyl (C=S) groups is 1. The Morgan fingerprint density at radius 1 is 0.846 bits per heavy atom. The average molecular weight is 532 g/mol. The van der Waals surface area contributed by atoms with E-state index in [1.54, 1.807) is 6.20 Å². The lowest BCUT2D eigenvalue weighted by molar-refractivity contribution is 0.479. The summed E-state index contributed by atoms with van der Waals surface area (Å²) in [5.41, 5.74) is 7.51. The van der Waals surface area contributed by atoms with Crippen molar-refractivity contribution < 1.29 is 4.74 Å². The van der Waals surface area contributed by atoms with Gasteiger partial charge < -0.3 is 19.5 Å². The lowest BCUT2D eigenvalue weighted by Gasteiger charge is -2.28. The van der Waals surface area contributed by atoms with Crippen LogP contribution >= 0.6 is 12.2 Å². The maximum Gasteiger partial charge on any atom is 0.174 e. The number of nitrogens with one attached hydrogen (secondary N) is 1. The third-order valence-corrected chi connectivity index (χ3v) is 7.54. The van der Waals surface area contributed by atoms with Crippen LogP contribution in [0.3, 0.4) is 0 Å². The van der Waals surface area contributed by atoms with Crippen molar-refractivity contribution >= 4 is 23.0 Å². The summed E-state index contributed by atoms with van der Waals surface area (Å²) >= 11 is 5.95. The quantitative estimate of drug-likeness (QED) is 0.235. The van der Waals surface area contributed by atoms with E-state index in [4.69, 9.17) is 21.9 Å². The van der Waals surface area contributed by atoms with Crippen molar-refractivity contribution in [1.82, 2.24) is 19.9 Å². The Labute approximate surface area is 233 Å². The van der Waals surface area contributed by atoms with E-state index in [0.717, 1.165) is 45.5 Å². The molecule has 0 amide bonds. The van der Waals surface area contributed by atoms with Gasteiger partial charge in [0.1, 0.15) is 11.5 Å². The first-order valence-electron chi connectivity index (χ1n) is 12.9. The summed E-state index contributed by atoms with van der Waals surface area (Å²) in [4.78, 5) is 11.2. The lowest BCUT2D eigenvalue weighted by atomic mass is 9.96. The standard InChI is InChI=1S/C32H29N5OS/c1-21-9-4-5-12-29(21)38-26-15-13-24(14-16-26)37-31(30(35-32(37)39)28-11-6-7-18-34-28)27-19-22(2)36(23(27)3)25-10-8-17-33-20-25/h4-20,30-31H,1-3H3,(H,35,39). The molecule has 1 saturated heterocycles. The van der Waals surface area contributed by atoms with Gasteiger partial charge in [0.25, 0.3) is 0 Å². The van der Waals surface area contributed by atoms with Crippen LogP contribution < -0.4 is 15.0 Å². The van der Waals surface area contributed by atoms with Crippen molar-refractivity contribution in [3.63, 3.8) is 0 Å². The van der Waals surface area contributed by atoms with Crippen molar-refractivity contribution in [3.05, 3.63) is 132 Å². The van der Waals surface area contributed by atoms with Crippen LogP contribution in [-0.4, -0.2) is 19.6 Å². The minimum absolute atomic E-state index is 0.104. The Morgan fingerprint density at radius 3 is 2.36 bits per heavy atom. The number of hydrogen-bond donors (Lipinski definition) is 1. The number of para-hydroxylation sites is 1. The molecule has 0 radical (unpaired) electrons. The number of pyridine rings is 2. The van der Waals surface area contributed by atoms with Crippen LogP contribution in [0, 0.1) is 20.8 Å². The number of aromatic nitrogens is 3. The molecule has 1 aliphatic rings. The summed E-state index contributed by atoms with van der Waals surface area (Å²) in [5, 5.41) is 4.23. The normalized spacial score (nSPS) is 16.8. The molecular formula is C32H29N5OS. The third-order valence-electron chi connectivity index (χ3n) is 7.23. The zero-order chi connectivity index (χ0) is 26.9. The third kappa shape index (κ3) is 4.66. The number of anilines is 1. The van der Waals surface area contributed by atoms with Crippen LogP contribution in [0.2, 0.25) is 0 Å². The molecule has 0 aliphatic carbocycles. The van der Waals surface area contributed by atoms with E-state index in [1.807, 2.05) is 73.9 Å². The van der Waals surface area contributed by atoms with Gasteiger partial charge in [-0.1, -0.05) is 24.3 Å². The van der Waals surface area contributed by atoms with E-state index < -0.39 is 0 Å². The van der Waals surface area contributed by atoms with Crippen molar-refractivity contribution in [3.8, 4) is 17.2 Å². The van der Waals surface area contributed by atoms with Crippen molar-refractivity contribution in [2.75, 3.05) is 4.90 Å². The molecule has 2 unspecified atom stereocenters. The van der Waals surface area contributed by atoms with Crippen LogP contribution in [0.4, 0.5) is 5.69 Å². The van der Waals surface area contributed by atoms with Gasteiger partial charge in [-0.15, -0.1) is 0 Å². The SMILES string of the molecule is Cc1ccccc1Oc1ccc(N2C(=S)NC(c3ccccn3)C2c2cc(C)n(-c3cccnc3)c2C)cc1. The Bertz CT molecular complexity index is 1620. The Hall–Kier alpha value is -4.49. The molecule has 6 rings (SSSR count). The van der Waals surface area contributed by atoms with Crippen LogP contribution in [0.15, 0.2) is 104 Å². The summed E-state index contributed by atoms with van der Waals surface area (Å²) in [6, 6.07) is 28.2. The molecule has 6 nitrogen and oxygen atoms in total. The van der Waals surface area contributed by atoms with E-state index in [9.17, 15) is 0 Å². The Morgan fingerprint density at radius 2 is 1.64 bits per heavy atom. The zero-order valence-electron chi connectivity index (χ0n) is 22.1. The summed E-state index contributed by atoms with van der Waals surface area (Å²) < 4.78 is 8.40. The Balaban J connectivity index is 1.41. The molecule has 0 saturated carbocycles. The van der Waals surface area contributed by atoms with Crippen LogP contribution in [-0.2, 0) is 0 Å². The molecule has 0 bridgehead atoms. The molecule has 194 valence electrons. The minimum Gasteiger partial charge on any atom is -0.457 e. The number of nitrogens with zero attached hydrogens (tertiary/aromatic N) is 4. The molecule has 0 spiro atoms. The number of ether oxygens (including phenoxy) is 1. The fourth-order valence-corrected chi connectivity index (χ4v) is 5.74. The average Bonchev–Trinajstić information content (AvgIpc) is 3.46. The van der Waals surface area contributed by atoms with E-state index in [1.165, 1.54) is 5.56 Å². The number of rotatable bonds is 6. The smallest absolute Gasteiger partial charge is 0.174 e. The van der Waals surface area contributed by atoms with Gasteiger partial charge in [-0.05, 0) is 105 Å². The fraction of sp³-hybridized carbons (Fsp3) is 0.156. The van der Waals surface area contributed by atoms with Crippen LogP contribution in [0.5, 0.6) is 11.5 Å². The van der Waals surface area contributed by atoms with Crippen molar-refractivity contribution in [1.29, 1.82) is 0 Å². The molecule has 2 aromatic carbocycles. The van der Waals surface area contributed by atoms with Gasteiger partial charge in [0.05, 0.1) is 29.7 Å². The van der Waals surface area contributed by atoms with Crippen LogP contribution in [0.25, 0.3) is 5.69 Å². The molecule has 1 N–H and O–H groups in total. The van der Waals surface area contributed by atoms with Gasteiger partial charge >= 0.3 is 0 Å². The first-order chi connectivity index (χ1) is 19.0. The molecule has 7 heteroatoms. The highest BCUT2D eigenvalue weighted by Gasteiger charge is 2.42. The molecular weight excluding hydrogens is 502 g/mol. The van der Waals surface area contributed by atoms with Gasteiger partial charge in [-0.3, -0.25) is 9.97 Å². The highest BCUT2D eigenvalue weighted by molar-refractivity contribution is 7.80.